The van der Waals surface area contributed by atoms with Crippen LogP contribution in [0.2, 0.25) is 0 Å². The Bertz CT molecular complexity index is 1500. The first-order chi connectivity index (χ1) is 21.4. The number of carbonyl (C=O) groups is 1. The number of hydrogen-bond acceptors (Lipinski definition) is 4. The maximum Gasteiger partial charge on any atom is 0.269 e. The molecule has 1 unspecified atom stereocenters. The van der Waals surface area contributed by atoms with Crippen molar-refractivity contribution in [3.8, 4) is 0 Å². The molecule has 5 rings (SSSR count). The molecular weight excluding hydrogens is 551 g/mol. The summed E-state index contributed by atoms with van der Waals surface area (Å²) >= 11 is 0. The van der Waals surface area contributed by atoms with Crippen LogP contribution in [-0.4, -0.2) is 28.7 Å². The predicted molar refractivity (Wildman–Crippen MR) is 173 cm³/mol. The molecule has 0 radical (unpaired) electrons. The fourth-order valence-electron chi connectivity index (χ4n) is 6.89. The topological polar surface area (TPSA) is 63.5 Å². The number of aryl methyl sites for hydroxylation is 1. The minimum atomic E-state index is -0.312. The molecule has 1 heterocycles. The van der Waals surface area contributed by atoms with Crippen LogP contribution in [0.25, 0.3) is 0 Å². The summed E-state index contributed by atoms with van der Waals surface area (Å²) in [5, 5.41) is 11.4. The van der Waals surface area contributed by atoms with Gasteiger partial charge in [0.15, 0.2) is 0 Å². The number of nitrogens with zero attached hydrogens (tertiary/aromatic N) is 2. The Morgan fingerprint density at radius 2 is 1.52 bits per heavy atom. The van der Waals surface area contributed by atoms with E-state index in [4.69, 9.17) is 0 Å². The second-order valence-electron chi connectivity index (χ2n) is 12.0. The fraction of sp³-hybridized carbons (Fsp3) is 0.342. The fourth-order valence-corrected chi connectivity index (χ4v) is 6.89. The SMILES string of the molecule is CC1c2cc([N+](=O)[O-])ccc2CCN1CCCC(CCCC(=O)CCc1ccc(F)cc1)(c1ccccc1)c1ccccc1. The highest BCUT2D eigenvalue weighted by Crippen LogP contribution is 2.42. The van der Waals surface area contributed by atoms with Crippen molar-refractivity contribution in [3.05, 3.63) is 147 Å². The third-order valence-electron chi connectivity index (χ3n) is 9.37. The molecule has 4 aromatic rings. The van der Waals surface area contributed by atoms with Gasteiger partial charge in [-0.2, -0.15) is 0 Å². The summed E-state index contributed by atoms with van der Waals surface area (Å²) in [6, 6.07) is 33.1. The molecule has 1 aliphatic heterocycles. The largest absolute Gasteiger partial charge is 0.300 e. The normalized spacial score (nSPS) is 15.1. The number of carbonyl (C=O) groups excluding carboxylic acids is 1. The van der Waals surface area contributed by atoms with Gasteiger partial charge in [0.2, 0.25) is 0 Å². The van der Waals surface area contributed by atoms with E-state index in [0.29, 0.717) is 19.3 Å². The molecule has 0 saturated heterocycles. The monoisotopic (exact) mass is 592 g/mol. The van der Waals surface area contributed by atoms with E-state index in [1.54, 1.807) is 24.3 Å². The second-order valence-corrected chi connectivity index (χ2v) is 12.0. The molecule has 44 heavy (non-hydrogen) atoms. The summed E-state index contributed by atoms with van der Waals surface area (Å²) in [6.07, 6.45) is 6.01. The standard InChI is InChI=1S/C38H41FN2O3/c1-29-37-28-35(41(43)44)21-18-31(37)23-27-40(29)26-9-25-38(32-10-4-2-5-11-32,33-12-6-3-7-13-33)24-8-14-36(42)22-17-30-15-19-34(39)20-16-30/h2-7,10-13,15-16,18-21,28-29H,8-9,14,17,22-27H2,1H3. The number of Topliss-reactive ketones (excluding diaryl/α,β-unsaturated/α-hetero) is 1. The van der Waals surface area contributed by atoms with Crippen LogP contribution < -0.4 is 0 Å². The summed E-state index contributed by atoms with van der Waals surface area (Å²) in [4.78, 5) is 26.5. The minimum Gasteiger partial charge on any atom is -0.300 e. The third-order valence-corrected chi connectivity index (χ3v) is 9.37. The number of nitro groups is 1. The lowest BCUT2D eigenvalue weighted by Gasteiger charge is -2.38. The summed E-state index contributed by atoms with van der Waals surface area (Å²) in [6.45, 7) is 3.97. The molecular formula is C38H41FN2O3. The Kier molecular flexibility index (Phi) is 10.3. The van der Waals surface area contributed by atoms with E-state index < -0.39 is 0 Å². The molecule has 0 N–H and O–H groups in total. The first-order valence-corrected chi connectivity index (χ1v) is 15.7. The van der Waals surface area contributed by atoms with Crippen molar-refractivity contribution in [1.29, 1.82) is 0 Å². The van der Waals surface area contributed by atoms with E-state index in [2.05, 4.69) is 60.4 Å². The summed E-state index contributed by atoms with van der Waals surface area (Å²) in [7, 11) is 0. The molecule has 6 heteroatoms. The number of non-ortho nitro benzene ring substituents is 1. The average Bonchev–Trinajstić information content (AvgIpc) is 3.05. The van der Waals surface area contributed by atoms with Crippen LogP contribution in [0.4, 0.5) is 10.1 Å². The number of ketones is 1. The first-order valence-electron chi connectivity index (χ1n) is 15.7. The van der Waals surface area contributed by atoms with Crippen molar-refractivity contribution in [2.75, 3.05) is 13.1 Å². The lowest BCUT2D eigenvalue weighted by Crippen LogP contribution is -2.36. The first kappa shape index (κ1) is 31.3. The van der Waals surface area contributed by atoms with Crippen LogP contribution in [0.3, 0.4) is 0 Å². The van der Waals surface area contributed by atoms with Crippen LogP contribution in [0.5, 0.6) is 0 Å². The molecule has 1 aliphatic rings. The van der Waals surface area contributed by atoms with E-state index in [0.717, 1.165) is 56.3 Å². The van der Waals surface area contributed by atoms with Gasteiger partial charge in [-0.25, -0.2) is 4.39 Å². The summed E-state index contributed by atoms with van der Waals surface area (Å²) < 4.78 is 13.3. The van der Waals surface area contributed by atoms with Crippen LogP contribution in [0, 0.1) is 15.9 Å². The van der Waals surface area contributed by atoms with Gasteiger partial charge in [0, 0.05) is 43.0 Å². The van der Waals surface area contributed by atoms with Gasteiger partial charge in [0.05, 0.1) is 4.92 Å². The van der Waals surface area contributed by atoms with Crippen molar-refractivity contribution in [3.63, 3.8) is 0 Å². The molecule has 4 aromatic carbocycles. The molecule has 0 aliphatic carbocycles. The molecule has 0 amide bonds. The molecule has 5 nitrogen and oxygen atoms in total. The molecule has 0 spiro atoms. The number of hydrogen-bond donors (Lipinski definition) is 0. The van der Waals surface area contributed by atoms with Crippen LogP contribution >= 0.6 is 0 Å². The van der Waals surface area contributed by atoms with Crippen LogP contribution in [0.1, 0.15) is 79.3 Å². The number of benzene rings is 4. The Hall–Kier alpha value is -4.16. The summed E-state index contributed by atoms with van der Waals surface area (Å²) in [5.41, 5.74) is 5.67. The van der Waals surface area contributed by atoms with Gasteiger partial charge < -0.3 is 0 Å². The van der Waals surface area contributed by atoms with Gasteiger partial charge in [-0.1, -0.05) is 78.9 Å². The Morgan fingerprint density at radius 3 is 2.16 bits per heavy atom. The highest BCUT2D eigenvalue weighted by Gasteiger charge is 2.34. The zero-order chi connectivity index (χ0) is 30.9. The van der Waals surface area contributed by atoms with Crippen LogP contribution in [-0.2, 0) is 23.1 Å². The van der Waals surface area contributed by atoms with E-state index in [1.807, 2.05) is 18.2 Å². The lowest BCUT2D eigenvalue weighted by atomic mass is 9.68. The number of fused-ring (bicyclic) bond motifs is 1. The van der Waals surface area contributed by atoms with E-state index >= 15 is 0 Å². The zero-order valence-corrected chi connectivity index (χ0v) is 25.5. The highest BCUT2D eigenvalue weighted by molar-refractivity contribution is 5.78. The van der Waals surface area contributed by atoms with Gasteiger partial charge in [0.25, 0.3) is 5.69 Å². The highest BCUT2D eigenvalue weighted by atomic mass is 19.1. The Balaban J connectivity index is 1.30. The molecule has 1 atom stereocenters. The van der Waals surface area contributed by atoms with Crippen molar-refractivity contribution in [1.82, 2.24) is 4.90 Å². The predicted octanol–water partition coefficient (Wildman–Crippen LogP) is 8.79. The minimum absolute atomic E-state index is 0.111. The van der Waals surface area contributed by atoms with Crippen LogP contribution in [0.15, 0.2) is 103 Å². The van der Waals surface area contributed by atoms with Gasteiger partial charge in [-0.15, -0.1) is 0 Å². The van der Waals surface area contributed by atoms with Crippen molar-refractivity contribution >= 4 is 11.5 Å². The molecule has 0 aromatic heterocycles. The second kappa shape index (κ2) is 14.5. The molecule has 0 bridgehead atoms. The average molecular weight is 593 g/mol. The maximum atomic E-state index is 13.3. The summed E-state index contributed by atoms with van der Waals surface area (Å²) in [5.74, 6) is -0.0268. The van der Waals surface area contributed by atoms with E-state index in [-0.39, 0.29) is 33.7 Å². The van der Waals surface area contributed by atoms with Gasteiger partial charge in [-0.05, 0) is 91.9 Å². The smallest absolute Gasteiger partial charge is 0.269 e. The van der Waals surface area contributed by atoms with Gasteiger partial charge >= 0.3 is 0 Å². The number of nitro benzene ring substituents is 1. The molecule has 0 saturated carbocycles. The van der Waals surface area contributed by atoms with E-state index in [9.17, 15) is 19.3 Å². The maximum absolute atomic E-state index is 13.3. The Morgan fingerprint density at radius 1 is 0.886 bits per heavy atom. The van der Waals surface area contributed by atoms with Crippen molar-refractivity contribution in [2.45, 2.75) is 69.7 Å². The van der Waals surface area contributed by atoms with Crippen molar-refractivity contribution in [2.24, 2.45) is 0 Å². The molecule has 0 fully saturated rings. The number of halogens is 1. The quantitative estimate of drug-likeness (QED) is 0.108. The van der Waals surface area contributed by atoms with Gasteiger partial charge in [-0.3, -0.25) is 19.8 Å². The Labute approximate surface area is 259 Å². The third kappa shape index (κ3) is 7.48. The van der Waals surface area contributed by atoms with Crippen molar-refractivity contribution < 1.29 is 14.1 Å². The molecule has 228 valence electrons. The zero-order valence-electron chi connectivity index (χ0n) is 25.5. The van der Waals surface area contributed by atoms with E-state index in [1.165, 1.54) is 28.8 Å². The number of rotatable bonds is 14. The van der Waals surface area contributed by atoms with Gasteiger partial charge in [0.1, 0.15) is 11.6 Å². The lowest BCUT2D eigenvalue weighted by molar-refractivity contribution is -0.385.